The molecule has 2 aromatic rings. The highest BCUT2D eigenvalue weighted by Gasteiger charge is 2.58. The molecule has 1 N–H and O–H groups in total. The van der Waals surface area contributed by atoms with E-state index in [1.54, 1.807) is 18.3 Å². The van der Waals surface area contributed by atoms with Crippen molar-refractivity contribution in [3.05, 3.63) is 64.2 Å². The topological polar surface area (TPSA) is 54.5 Å². The predicted molar refractivity (Wildman–Crippen MR) is 87.1 cm³/mol. The molecule has 2 aliphatic rings. The van der Waals surface area contributed by atoms with Crippen LogP contribution in [0.1, 0.15) is 29.7 Å². The summed E-state index contributed by atoms with van der Waals surface area (Å²) in [6.07, 6.45) is 2.00. The molecule has 1 aromatic carbocycles. The van der Waals surface area contributed by atoms with Gasteiger partial charge in [-0.1, -0.05) is 23.7 Å². The molecule has 1 saturated heterocycles. The summed E-state index contributed by atoms with van der Waals surface area (Å²) in [6, 6.07) is 7.05. The normalized spacial score (nSPS) is 27.0. The smallest absolute Gasteiger partial charge is 0.262 e. The number of ether oxygens (including phenoxy) is 1. The molecule has 4 nitrogen and oxygen atoms in total. The summed E-state index contributed by atoms with van der Waals surface area (Å²) in [7, 11) is 0. The minimum absolute atomic E-state index is 0.0147. The molecular formula is C18H15ClF2N2O2. The fourth-order valence-corrected chi connectivity index (χ4v) is 3.53. The van der Waals surface area contributed by atoms with Crippen molar-refractivity contribution in [2.45, 2.75) is 30.7 Å². The van der Waals surface area contributed by atoms with Crippen molar-refractivity contribution in [2.75, 3.05) is 6.61 Å². The molecule has 0 unspecified atom stereocenters. The van der Waals surface area contributed by atoms with Crippen molar-refractivity contribution < 1.29 is 18.3 Å². The third-order valence-corrected chi connectivity index (χ3v) is 5.20. The van der Waals surface area contributed by atoms with Gasteiger partial charge in [0.05, 0.1) is 12.3 Å². The molecule has 0 bridgehead atoms. The number of aromatic nitrogens is 1. The monoisotopic (exact) mass is 364 g/mol. The first-order valence-electron chi connectivity index (χ1n) is 7.96. The summed E-state index contributed by atoms with van der Waals surface area (Å²) in [5.41, 5.74) is -1.44. The van der Waals surface area contributed by atoms with E-state index >= 15 is 4.39 Å². The van der Waals surface area contributed by atoms with Crippen LogP contribution in [0.4, 0.5) is 8.78 Å². The number of fused-ring (bicyclic) bond motifs is 2. The van der Waals surface area contributed by atoms with Gasteiger partial charge in [0.15, 0.2) is 0 Å². The summed E-state index contributed by atoms with van der Waals surface area (Å²) in [4.78, 5) is 16.8. The highest BCUT2D eigenvalue weighted by atomic mass is 35.5. The number of epoxide rings is 1. The third-order valence-electron chi connectivity index (χ3n) is 4.85. The fraction of sp³-hybridized carbons (Fsp3) is 0.333. The Kier molecular flexibility index (Phi) is 3.77. The van der Waals surface area contributed by atoms with E-state index in [2.05, 4.69) is 10.3 Å². The SMILES string of the molecule is O=C(NCc1ccc(F)cc1Cl)[C@]1(F)CC[C@]2(CO2)c2ncccc21. The average Bonchev–Trinajstić information content (AvgIpc) is 3.39. The van der Waals surface area contributed by atoms with Gasteiger partial charge in [-0.15, -0.1) is 0 Å². The van der Waals surface area contributed by atoms with Crippen LogP contribution in [0.2, 0.25) is 5.02 Å². The predicted octanol–water partition coefficient (Wildman–Crippen LogP) is 3.37. The highest BCUT2D eigenvalue weighted by molar-refractivity contribution is 6.31. The Bertz CT molecular complexity index is 857. The van der Waals surface area contributed by atoms with E-state index in [4.69, 9.17) is 16.3 Å². The number of benzene rings is 1. The average molecular weight is 365 g/mol. The summed E-state index contributed by atoms with van der Waals surface area (Å²) in [5.74, 6) is -1.22. The van der Waals surface area contributed by atoms with Crippen molar-refractivity contribution >= 4 is 17.5 Å². The van der Waals surface area contributed by atoms with Crippen molar-refractivity contribution in [1.82, 2.24) is 10.3 Å². The molecule has 1 fully saturated rings. The molecule has 130 valence electrons. The largest absolute Gasteiger partial charge is 0.363 e. The summed E-state index contributed by atoms with van der Waals surface area (Å²) in [6.45, 7) is 0.515. The number of hydrogen-bond acceptors (Lipinski definition) is 3. The lowest BCUT2D eigenvalue weighted by atomic mass is 9.77. The van der Waals surface area contributed by atoms with Crippen LogP contribution >= 0.6 is 11.6 Å². The Labute approximate surface area is 148 Å². The van der Waals surface area contributed by atoms with Gasteiger partial charge in [-0.3, -0.25) is 9.78 Å². The zero-order chi connectivity index (χ0) is 17.7. The zero-order valence-electron chi connectivity index (χ0n) is 13.2. The second kappa shape index (κ2) is 5.75. The van der Waals surface area contributed by atoms with Crippen LogP contribution in [0.15, 0.2) is 36.5 Å². The first kappa shape index (κ1) is 16.4. The molecule has 0 saturated carbocycles. The molecule has 4 rings (SSSR count). The van der Waals surface area contributed by atoms with E-state index in [0.717, 1.165) is 6.07 Å². The lowest BCUT2D eigenvalue weighted by Gasteiger charge is -2.33. The van der Waals surface area contributed by atoms with Gasteiger partial charge in [0.1, 0.15) is 11.4 Å². The maximum absolute atomic E-state index is 15.6. The summed E-state index contributed by atoms with van der Waals surface area (Å²) < 4.78 is 34.2. The van der Waals surface area contributed by atoms with Gasteiger partial charge in [-0.25, -0.2) is 8.78 Å². The minimum Gasteiger partial charge on any atom is -0.363 e. The van der Waals surface area contributed by atoms with Gasteiger partial charge in [-0.05, 0) is 36.6 Å². The molecule has 1 amide bonds. The molecule has 0 radical (unpaired) electrons. The Morgan fingerprint density at radius 2 is 2.16 bits per heavy atom. The van der Waals surface area contributed by atoms with Gasteiger partial charge in [0, 0.05) is 23.3 Å². The second-order valence-electron chi connectivity index (χ2n) is 6.40. The first-order valence-corrected chi connectivity index (χ1v) is 8.33. The molecule has 25 heavy (non-hydrogen) atoms. The Balaban J connectivity index is 1.57. The third kappa shape index (κ3) is 2.69. The summed E-state index contributed by atoms with van der Waals surface area (Å²) >= 11 is 5.95. The van der Waals surface area contributed by atoms with Crippen molar-refractivity contribution in [1.29, 1.82) is 0 Å². The van der Waals surface area contributed by atoms with E-state index in [1.807, 2.05) is 0 Å². The number of amides is 1. The number of pyridine rings is 1. The van der Waals surface area contributed by atoms with Crippen molar-refractivity contribution in [3.63, 3.8) is 0 Å². The van der Waals surface area contributed by atoms with Crippen LogP contribution in [0, 0.1) is 5.82 Å². The molecule has 1 spiro atoms. The fourth-order valence-electron chi connectivity index (χ4n) is 3.30. The molecule has 7 heteroatoms. The van der Waals surface area contributed by atoms with E-state index < -0.39 is 23.0 Å². The van der Waals surface area contributed by atoms with Gasteiger partial charge in [0.25, 0.3) is 5.91 Å². The van der Waals surface area contributed by atoms with Crippen LogP contribution in [0.25, 0.3) is 0 Å². The number of halogens is 3. The van der Waals surface area contributed by atoms with Gasteiger partial charge >= 0.3 is 0 Å². The number of carbonyl (C=O) groups is 1. The maximum Gasteiger partial charge on any atom is 0.262 e. The Morgan fingerprint density at radius 3 is 2.88 bits per heavy atom. The molecule has 2 heterocycles. The quantitative estimate of drug-likeness (QED) is 0.849. The molecule has 1 aliphatic carbocycles. The van der Waals surface area contributed by atoms with E-state index in [9.17, 15) is 9.18 Å². The molecule has 1 aromatic heterocycles. The Morgan fingerprint density at radius 1 is 1.36 bits per heavy atom. The van der Waals surface area contributed by atoms with E-state index in [-0.39, 0.29) is 23.6 Å². The number of rotatable bonds is 3. The standard InChI is InChI=1S/C18H15ClF2N2O2/c19-14-8-12(20)4-3-11(14)9-23-16(24)18(21)6-5-17(10-25-17)15-13(18)2-1-7-22-15/h1-4,7-8H,5-6,9-10H2,(H,23,24)/t17-,18-/m0/s1. The van der Waals surface area contributed by atoms with Gasteiger partial charge in [-0.2, -0.15) is 0 Å². The lowest BCUT2D eigenvalue weighted by molar-refractivity contribution is -0.135. The molecule has 2 atom stereocenters. The minimum atomic E-state index is -2.17. The van der Waals surface area contributed by atoms with Crippen LogP contribution in [-0.4, -0.2) is 17.5 Å². The zero-order valence-corrected chi connectivity index (χ0v) is 13.9. The van der Waals surface area contributed by atoms with Crippen LogP contribution < -0.4 is 5.32 Å². The summed E-state index contributed by atoms with van der Waals surface area (Å²) in [5, 5.41) is 2.75. The number of alkyl halides is 1. The number of carbonyl (C=O) groups excluding carboxylic acids is 1. The van der Waals surface area contributed by atoms with E-state index in [0.29, 0.717) is 24.3 Å². The first-order chi connectivity index (χ1) is 11.9. The van der Waals surface area contributed by atoms with Crippen LogP contribution in [0.3, 0.4) is 0 Å². The number of nitrogens with one attached hydrogen (secondary N) is 1. The molecular weight excluding hydrogens is 350 g/mol. The van der Waals surface area contributed by atoms with Crippen LogP contribution in [0.5, 0.6) is 0 Å². The van der Waals surface area contributed by atoms with Gasteiger partial charge in [0.2, 0.25) is 5.67 Å². The van der Waals surface area contributed by atoms with Gasteiger partial charge < -0.3 is 10.1 Å². The maximum atomic E-state index is 15.6. The Hall–Kier alpha value is -2.05. The molecule has 1 aliphatic heterocycles. The second-order valence-corrected chi connectivity index (χ2v) is 6.81. The van der Waals surface area contributed by atoms with E-state index in [1.165, 1.54) is 12.1 Å². The van der Waals surface area contributed by atoms with Crippen LogP contribution in [-0.2, 0) is 27.3 Å². The van der Waals surface area contributed by atoms with Crippen molar-refractivity contribution in [3.8, 4) is 0 Å². The number of hydrogen-bond donors (Lipinski definition) is 1. The lowest BCUT2D eigenvalue weighted by Crippen LogP contribution is -2.45. The highest BCUT2D eigenvalue weighted by Crippen LogP contribution is 2.53. The number of nitrogens with zero attached hydrogens (tertiary/aromatic N) is 1. The van der Waals surface area contributed by atoms with Crippen molar-refractivity contribution in [2.24, 2.45) is 0 Å².